The topological polar surface area (TPSA) is 12.0 Å². The summed E-state index contributed by atoms with van der Waals surface area (Å²) in [5, 5.41) is 3.10. The number of halogens is 4. The lowest BCUT2D eigenvalue weighted by molar-refractivity contribution is -0.140. The lowest BCUT2D eigenvalue weighted by Gasteiger charge is -2.09. The quantitative estimate of drug-likeness (QED) is 0.623. The SMILES string of the molecule is CCCNCCc1ccc(C(F)(F)F)c(F)c1. The number of rotatable bonds is 5. The third-order valence-corrected chi connectivity index (χ3v) is 2.36. The van der Waals surface area contributed by atoms with Crippen molar-refractivity contribution in [3.05, 3.63) is 35.1 Å². The second kappa shape index (κ2) is 6.00. The molecule has 0 spiro atoms. The van der Waals surface area contributed by atoms with Crippen molar-refractivity contribution in [1.82, 2.24) is 5.32 Å². The zero-order valence-corrected chi connectivity index (χ0v) is 9.57. The summed E-state index contributed by atoms with van der Waals surface area (Å²) in [4.78, 5) is 0. The van der Waals surface area contributed by atoms with Gasteiger partial charge in [0.25, 0.3) is 0 Å². The van der Waals surface area contributed by atoms with Crippen LogP contribution in [-0.4, -0.2) is 13.1 Å². The fraction of sp³-hybridized carbons (Fsp3) is 0.500. The highest BCUT2D eigenvalue weighted by molar-refractivity contribution is 5.26. The second-order valence-electron chi connectivity index (χ2n) is 3.81. The van der Waals surface area contributed by atoms with Crippen LogP contribution in [0.15, 0.2) is 18.2 Å². The Morgan fingerprint density at radius 2 is 1.88 bits per heavy atom. The van der Waals surface area contributed by atoms with Crippen LogP contribution in [0.2, 0.25) is 0 Å². The summed E-state index contributed by atoms with van der Waals surface area (Å²) in [5.41, 5.74) is -0.637. The Balaban J connectivity index is 2.63. The number of benzene rings is 1. The lowest BCUT2D eigenvalue weighted by atomic mass is 10.1. The van der Waals surface area contributed by atoms with E-state index in [0.717, 1.165) is 25.1 Å². The van der Waals surface area contributed by atoms with Crippen molar-refractivity contribution < 1.29 is 17.6 Å². The van der Waals surface area contributed by atoms with Crippen molar-refractivity contribution in [2.45, 2.75) is 25.9 Å². The fourth-order valence-corrected chi connectivity index (χ4v) is 1.48. The first kappa shape index (κ1) is 14.0. The summed E-state index contributed by atoms with van der Waals surface area (Å²) < 4.78 is 50.0. The zero-order chi connectivity index (χ0) is 12.9. The van der Waals surface area contributed by atoms with E-state index in [1.807, 2.05) is 6.92 Å². The van der Waals surface area contributed by atoms with Gasteiger partial charge in [-0.05, 0) is 43.6 Å². The van der Waals surface area contributed by atoms with E-state index in [1.165, 1.54) is 6.07 Å². The van der Waals surface area contributed by atoms with Crippen LogP contribution >= 0.6 is 0 Å². The van der Waals surface area contributed by atoms with Crippen LogP contribution in [0, 0.1) is 5.82 Å². The van der Waals surface area contributed by atoms with Crippen LogP contribution in [0.1, 0.15) is 24.5 Å². The molecule has 0 aliphatic carbocycles. The van der Waals surface area contributed by atoms with Gasteiger partial charge in [-0.1, -0.05) is 13.0 Å². The average Bonchev–Trinajstić information content (AvgIpc) is 2.23. The van der Waals surface area contributed by atoms with E-state index in [-0.39, 0.29) is 0 Å². The number of nitrogens with one attached hydrogen (secondary N) is 1. The molecule has 0 aliphatic rings. The predicted molar refractivity (Wildman–Crippen MR) is 58.3 cm³/mol. The van der Waals surface area contributed by atoms with Crippen molar-refractivity contribution >= 4 is 0 Å². The van der Waals surface area contributed by atoms with Crippen LogP contribution in [-0.2, 0) is 12.6 Å². The molecular formula is C12H15F4N. The first-order valence-corrected chi connectivity index (χ1v) is 5.51. The van der Waals surface area contributed by atoms with E-state index in [2.05, 4.69) is 5.32 Å². The summed E-state index contributed by atoms with van der Waals surface area (Å²) in [5.74, 6) is -1.20. The Bertz CT molecular complexity index is 360. The molecule has 1 aromatic rings. The highest BCUT2D eigenvalue weighted by Crippen LogP contribution is 2.31. The third-order valence-electron chi connectivity index (χ3n) is 2.36. The Morgan fingerprint density at radius 3 is 2.41 bits per heavy atom. The molecule has 0 amide bonds. The van der Waals surface area contributed by atoms with Crippen LogP contribution in [0.3, 0.4) is 0 Å². The van der Waals surface area contributed by atoms with Crippen LogP contribution in [0.4, 0.5) is 17.6 Å². The molecule has 1 nitrogen and oxygen atoms in total. The average molecular weight is 249 g/mol. The Kier molecular flexibility index (Phi) is 4.93. The number of alkyl halides is 3. The van der Waals surface area contributed by atoms with Gasteiger partial charge < -0.3 is 5.32 Å². The molecule has 0 saturated heterocycles. The molecule has 0 atom stereocenters. The van der Waals surface area contributed by atoms with Crippen LogP contribution in [0.25, 0.3) is 0 Å². The Labute approximate surface area is 97.8 Å². The predicted octanol–water partition coefficient (Wildman–Crippen LogP) is 3.39. The first-order chi connectivity index (χ1) is 7.95. The number of hydrogen-bond acceptors (Lipinski definition) is 1. The van der Waals surface area contributed by atoms with Crippen molar-refractivity contribution in [3.63, 3.8) is 0 Å². The van der Waals surface area contributed by atoms with Gasteiger partial charge in [-0.3, -0.25) is 0 Å². The van der Waals surface area contributed by atoms with Gasteiger partial charge in [0.2, 0.25) is 0 Å². The summed E-state index contributed by atoms with van der Waals surface area (Å²) >= 11 is 0. The number of hydrogen-bond donors (Lipinski definition) is 1. The smallest absolute Gasteiger partial charge is 0.316 e. The monoisotopic (exact) mass is 249 g/mol. The van der Waals surface area contributed by atoms with Crippen molar-refractivity contribution in [1.29, 1.82) is 0 Å². The molecule has 5 heteroatoms. The molecule has 0 unspecified atom stereocenters. The molecule has 0 heterocycles. The summed E-state index contributed by atoms with van der Waals surface area (Å²) in [6, 6.07) is 3.07. The minimum absolute atomic E-state index is 0.523. The van der Waals surface area contributed by atoms with Gasteiger partial charge in [-0.2, -0.15) is 13.2 Å². The normalized spacial score (nSPS) is 11.8. The Morgan fingerprint density at radius 1 is 1.18 bits per heavy atom. The standard InChI is InChI=1S/C12H15F4N/c1-2-6-17-7-5-9-3-4-10(11(13)8-9)12(14,15)16/h3-4,8,17H,2,5-7H2,1H3. The lowest BCUT2D eigenvalue weighted by Crippen LogP contribution is -2.18. The molecule has 1 rings (SSSR count). The van der Waals surface area contributed by atoms with Gasteiger partial charge in [0.1, 0.15) is 5.82 Å². The van der Waals surface area contributed by atoms with E-state index in [0.29, 0.717) is 18.5 Å². The zero-order valence-electron chi connectivity index (χ0n) is 9.57. The van der Waals surface area contributed by atoms with Crippen molar-refractivity contribution in [2.75, 3.05) is 13.1 Å². The minimum Gasteiger partial charge on any atom is -0.316 e. The van der Waals surface area contributed by atoms with E-state index < -0.39 is 17.6 Å². The molecule has 0 aromatic heterocycles. The highest BCUT2D eigenvalue weighted by atomic mass is 19.4. The minimum atomic E-state index is -4.62. The summed E-state index contributed by atoms with van der Waals surface area (Å²) in [6.45, 7) is 3.51. The molecular weight excluding hydrogens is 234 g/mol. The third kappa shape index (κ3) is 4.34. The molecule has 0 aliphatic heterocycles. The summed E-state index contributed by atoms with van der Waals surface area (Å²) in [7, 11) is 0. The second-order valence-corrected chi connectivity index (χ2v) is 3.81. The van der Waals surface area contributed by atoms with Gasteiger partial charge in [-0.25, -0.2) is 4.39 Å². The molecule has 0 radical (unpaired) electrons. The maximum absolute atomic E-state index is 13.2. The van der Waals surface area contributed by atoms with Gasteiger partial charge >= 0.3 is 6.18 Å². The first-order valence-electron chi connectivity index (χ1n) is 5.51. The van der Waals surface area contributed by atoms with E-state index in [9.17, 15) is 17.6 Å². The maximum Gasteiger partial charge on any atom is 0.419 e. The molecule has 96 valence electrons. The molecule has 17 heavy (non-hydrogen) atoms. The Hall–Kier alpha value is -1.10. The van der Waals surface area contributed by atoms with E-state index >= 15 is 0 Å². The van der Waals surface area contributed by atoms with Gasteiger partial charge in [0.15, 0.2) is 0 Å². The maximum atomic E-state index is 13.2. The van der Waals surface area contributed by atoms with Crippen molar-refractivity contribution in [2.24, 2.45) is 0 Å². The molecule has 0 saturated carbocycles. The van der Waals surface area contributed by atoms with Gasteiger partial charge in [-0.15, -0.1) is 0 Å². The fourth-order valence-electron chi connectivity index (χ4n) is 1.48. The molecule has 1 N–H and O–H groups in total. The van der Waals surface area contributed by atoms with E-state index in [4.69, 9.17) is 0 Å². The van der Waals surface area contributed by atoms with Crippen molar-refractivity contribution in [3.8, 4) is 0 Å². The van der Waals surface area contributed by atoms with Crippen LogP contribution in [0.5, 0.6) is 0 Å². The molecule has 0 bridgehead atoms. The van der Waals surface area contributed by atoms with Gasteiger partial charge in [0.05, 0.1) is 5.56 Å². The van der Waals surface area contributed by atoms with Gasteiger partial charge in [0, 0.05) is 0 Å². The largest absolute Gasteiger partial charge is 0.419 e. The molecule has 1 aromatic carbocycles. The van der Waals surface area contributed by atoms with E-state index in [1.54, 1.807) is 0 Å². The molecule has 0 fully saturated rings. The summed E-state index contributed by atoms with van der Waals surface area (Å²) in [6.07, 6.45) is -3.11. The highest BCUT2D eigenvalue weighted by Gasteiger charge is 2.33. The van der Waals surface area contributed by atoms with Crippen LogP contribution < -0.4 is 5.32 Å².